The maximum atomic E-state index is 6.24. The summed E-state index contributed by atoms with van der Waals surface area (Å²) in [6.07, 6.45) is 3.30. The van der Waals surface area contributed by atoms with Crippen molar-refractivity contribution >= 4 is 33.2 Å². The molecule has 2 N–H and O–H groups in total. The van der Waals surface area contributed by atoms with Gasteiger partial charge >= 0.3 is 0 Å². The average Bonchev–Trinajstić information content (AvgIpc) is 2.59. The number of nitrogens with zero attached hydrogens (tertiary/aromatic N) is 1. The molecule has 78 valence electrons. The van der Waals surface area contributed by atoms with Crippen LogP contribution in [0.4, 0.5) is 0 Å². The van der Waals surface area contributed by atoms with E-state index in [1.807, 2.05) is 18.2 Å². The molecule has 1 heterocycles. The molecule has 0 spiro atoms. The zero-order valence-corrected chi connectivity index (χ0v) is 9.74. The summed E-state index contributed by atoms with van der Waals surface area (Å²) >= 11 is 7.75. The lowest BCUT2D eigenvalue weighted by Gasteiger charge is -2.35. The molecule has 1 aliphatic rings. The van der Waals surface area contributed by atoms with Crippen LogP contribution in [0.1, 0.15) is 24.3 Å². The van der Waals surface area contributed by atoms with Crippen LogP contribution in [0.2, 0.25) is 5.02 Å². The SMILES string of the molecule is NC1(c2nc3cccc(Cl)c3s2)CCC1. The van der Waals surface area contributed by atoms with Crippen molar-refractivity contribution in [3.05, 3.63) is 28.2 Å². The van der Waals surface area contributed by atoms with Crippen LogP contribution in [0.5, 0.6) is 0 Å². The van der Waals surface area contributed by atoms with Gasteiger partial charge in [0.15, 0.2) is 0 Å². The lowest BCUT2D eigenvalue weighted by Crippen LogP contribution is -2.43. The van der Waals surface area contributed by atoms with Crippen molar-refractivity contribution in [2.75, 3.05) is 0 Å². The summed E-state index contributed by atoms with van der Waals surface area (Å²) in [6, 6.07) is 5.82. The van der Waals surface area contributed by atoms with Gasteiger partial charge in [0.25, 0.3) is 0 Å². The first kappa shape index (κ1) is 9.58. The number of rotatable bonds is 1. The second-order valence-electron chi connectivity index (χ2n) is 4.12. The molecule has 0 aliphatic heterocycles. The van der Waals surface area contributed by atoms with Gasteiger partial charge in [0.1, 0.15) is 5.01 Å². The van der Waals surface area contributed by atoms with E-state index in [-0.39, 0.29) is 5.54 Å². The summed E-state index contributed by atoms with van der Waals surface area (Å²) in [5, 5.41) is 1.82. The van der Waals surface area contributed by atoms with Crippen molar-refractivity contribution < 1.29 is 0 Å². The summed E-state index contributed by atoms with van der Waals surface area (Å²) in [4.78, 5) is 4.58. The number of fused-ring (bicyclic) bond motifs is 1. The molecule has 0 bridgehead atoms. The molecule has 1 aromatic carbocycles. The van der Waals surface area contributed by atoms with E-state index in [9.17, 15) is 0 Å². The van der Waals surface area contributed by atoms with Crippen molar-refractivity contribution in [2.45, 2.75) is 24.8 Å². The molecule has 0 saturated heterocycles. The number of thiazole rings is 1. The standard InChI is InChI=1S/C11H11ClN2S/c12-7-3-1-4-8-9(7)15-10(14-8)11(13)5-2-6-11/h1,3-4H,2,5-6,13H2. The molecule has 1 saturated carbocycles. The molecule has 2 nitrogen and oxygen atoms in total. The fourth-order valence-electron chi connectivity index (χ4n) is 1.90. The van der Waals surface area contributed by atoms with E-state index in [4.69, 9.17) is 17.3 Å². The predicted molar refractivity (Wildman–Crippen MR) is 64.3 cm³/mol. The number of hydrogen-bond acceptors (Lipinski definition) is 3. The molecule has 0 unspecified atom stereocenters. The largest absolute Gasteiger partial charge is 0.319 e. The third-order valence-corrected chi connectivity index (χ3v) is 4.79. The Labute approximate surface area is 97.1 Å². The Hall–Kier alpha value is -0.640. The van der Waals surface area contributed by atoms with Gasteiger partial charge in [-0.15, -0.1) is 11.3 Å². The third-order valence-electron chi connectivity index (χ3n) is 3.04. The Morgan fingerprint density at radius 2 is 2.20 bits per heavy atom. The summed E-state index contributed by atoms with van der Waals surface area (Å²) in [5.74, 6) is 0. The first-order valence-electron chi connectivity index (χ1n) is 5.03. The minimum Gasteiger partial charge on any atom is -0.319 e. The average molecular weight is 239 g/mol. The van der Waals surface area contributed by atoms with Gasteiger partial charge in [-0.2, -0.15) is 0 Å². The second-order valence-corrected chi connectivity index (χ2v) is 5.52. The highest BCUT2D eigenvalue weighted by Gasteiger charge is 2.37. The molecule has 3 rings (SSSR count). The highest BCUT2D eigenvalue weighted by molar-refractivity contribution is 7.19. The van der Waals surface area contributed by atoms with E-state index >= 15 is 0 Å². The molecule has 0 atom stereocenters. The number of benzene rings is 1. The Bertz CT molecular complexity index is 516. The van der Waals surface area contributed by atoms with Crippen molar-refractivity contribution in [2.24, 2.45) is 5.73 Å². The van der Waals surface area contributed by atoms with Crippen LogP contribution >= 0.6 is 22.9 Å². The lowest BCUT2D eigenvalue weighted by molar-refractivity contribution is 0.253. The molecule has 2 aromatic rings. The Kier molecular flexibility index (Phi) is 2.03. The summed E-state index contributed by atoms with van der Waals surface area (Å²) in [6.45, 7) is 0. The van der Waals surface area contributed by atoms with E-state index in [2.05, 4.69) is 4.98 Å². The molecule has 1 aromatic heterocycles. The Morgan fingerprint density at radius 1 is 1.40 bits per heavy atom. The maximum absolute atomic E-state index is 6.24. The smallest absolute Gasteiger partial charge is 0.114 e. The van der Waals surface area contributed by atoms with Crippen LogP contribution in [0, 0.1) is 0 Å². The highest BCUT2D eigenvalue weighted by Crippen LogP contribution is 2.42. The van der Waals surface area contributed by atoms with Crippen molar-refractivity contribution in [1.29, 1.82) is 0 Å². The Morgan fingerprint density at radius 3 is 2.80 bits per heavy atom. The minimum absolute atomic E-state index is 0.174. The Balaban J connectivity index is 2.18. The fraction of sp³-hybridized carbons (Fsp3) is 0.364. The van der Waals surface area contributed by atoms with Gasteiger partial charge in [-0.05, 0) is 31.4 Å². The third kappa shape index (κ3) is 1.38. The van der Waals surface area contributed by atoms with Crippen molar-refractivity contribution in [1.82, 2.24) is 4.98 Å². The van der Waals surface area contributed by atoms with Crippen LogP contribution in [0.3, 0.4) is 0 Å². The van der Waals surface area contributed by atoms with Crippen LogP contribution in [0.25, 0.3) is 10.2 Å². The second kappa shape index (κ2) is 3.17. The fourth-order valence-corrected chi connectivity index (χ4v) is 3.31. The first-order valence-corrected chi connectivity index (χ1v) is 6.23. The van der Waals surface area contributed by atoms with Gasteiger partial charge in [0, 0.05) is 0 Å². The van der Waals surface area contributed by atoms with E-state index in [1.54, 1.807) is 11.3 Å². The minimum atomic E-state index is -0.174. The van der Waals surface area contributed by atoms with E-state index in [0.29, 0.717) is 0 Å². The van der Waals surface area contributed by atoms with Gasteiger partial charge in [-0.25, -0.2) is 4.98 Å². The zero-order valence-electron chi connectivity index (χ0n) is 8.16. The molecule has 0 amide bonds. The lowest BCUT2D eigenvalue weighted by atomic mass is 9.78. The van der Waals surface area contributed by atoms with Crippen LogP contribution in [-0.2, 0) is 5.54 Å². The van der Waals surface area contributed by atoms with Crippen molar-refractivity contribution in [3.8, 4) is 0 Å². The monoisotopic (exact) mass is 238 g/mol. The number of halogens is 1. The maximum Gasteiger partial charge on any atom is 0.114 e. The molecule has 0 radical (unpaired) electrons. The zero-order chi connectivity index (χ0) is 10.5. The summed E-state index contributed by atoms with van der Waals surface area (Å²) in [7, 11) is 0. The van der Waals surface area contributed by atoms with Crippen LogP contribution in [-0.4, -0.2) is 4.98 Å². The van der Waals surface area contributed by atoms with Gasteiger partial charge < -0.3 is 5.73 Å². The van der Waals surface area contributed by atoms with Crippen LogP contribution < -0.4 is 5.73 Å². The summed E-state index contributed by atoms with van der Waals surface area (Å²) in [5.41, 5.74) is 7.04. The molecular formula is C11H11ClN2S. The van der Waals surface area contributed by atoms with Gasteiger partial charge in [-0.1, -0.05) is 17.7 Å². The molecule has 4 heteroatoms. The first-order chi connectivity index (χ1) is 7.19. The van der Waals surface area contributed by atoms with E-state index < -0.39 is 0 Å². The van der Waals surface area contributed by atoms with E-state index in [1.165, 1.54) is 6.42 Å². The summed E-state index contributed by atoms with van der Waals surface area (Å²) < 4.78 is 1.06. The van der Waals surface area contributed by atoms with Crippen molar-refractivity contribution in [3.63, 3.8) is 0 Å². The van der Waals surface area contributed by atoms with Crippen LogP contribution in [0.15, 0.2) is 18.2 Å². The molecular weight excluding hydrogens is 228 g/mol. The number of hydrogen-bond donors (Lipinski definition) is 1. The predicted octanol–water partition coefficient (Wildman–Crippen LogP) is 3.29. The number of aromatic nitrogens is 1. The molecule has 1 fully saturated rings. The highest BCUT2D eigenvalue weighted by atomic mass is 35.5. The van der Waals surface area contributed by atoms with Gasteiger partial charge in [0.2, 0.25) is 0 Å². The molecule has 1 aliphatic carbocycles. The number of nitrogens with two attached hydrogens (primary N) is 1. The van der Waals surface area contributed by atoms with Gasteiger partial charge in [0.05, 0.1) is 20.8 Å². The van der Waals surface area contributed by atoms with Gasteiger partial charge in [-0.3, -0.25) is 0 Å². The topological polar surface area (TPSA) is 38.9 Å². The van der Waals surface area contributed by atoms with E-state index in [0.717, 1.165) is 33.1 Å². The molecule has 15 heavy (non-hydrogen) atoms. The quantitative estimate of drug-likeness (QED) is 0.828. The normalized spacial score (nSPS) is 19.1.